The van der Waals surface area contributed by atoms with Gasteiger partial charge in [-0.15, -0.1) is 11.3 Å². The molecule has 1 aromatic heterocycles. The van der Waals surface area contributed by atoms with Crippen LogP contribution in [0.4, 0.5) is 0 Å². The number of fused-ring (bicyclic) bond motifs is 1. The SMILES string of the molecule is O=C(Oc1ccccc1)c1csc(C2COc3ccccc3O2)n1. The zero-order valence-corrected chi connectivity index (χ0v) is 13.4. The summed E-state index contributed by atoms with van der Waals surface area (Å²) < 4.78 is 16.9. The van der Waals surface area contributed by atoms with E-state index in [-0.39, 0.29) is 11.8 Å². The zero-order chi connectivity index (χ0) is 16.4. The van der Waals surface area contributed by atoms with E-state index in [4.69, 9.17) is 14.2 Å². The molecular weight excluding hydrogens is 326 g/mol. The summed E-state index contributed by atoms with van der Waals surface area (Å²) in [5.74, 6) is 1.40. The van der Waals surface area contributed by atoms with E-state index in [2.05, 4.69) is 4.98 Å². The first-order valence-electron chi connectivity index (χ1n) is 7.41. The molecule has 0 radical (unpaired) electrons. The van der Waals surface area contributed by atoms with Crippen molar-refractivity contribution in [1.82, 2.24) is 4.98 Å². The fraction of sp³-hybridized carbons (Fsp3) is 0.111. The van der Waals surface area contributed by atoms with Crippen molar-refractivity contribution in [2.75, 3.05) is 6.61 Å². The lowest BCUT2D eigenvalue weighted by Gasteiger charge is -2.24. The van der Waals surface area contributed by atoms with E-state index in [1.807, 2.05) is 30.3 Å². The van der Waals surface area contributed by atoms with Crippen molar-refractivity contribution in [2.24, 2.45) is 0 Å². The second kappa shape index (κ2) is 6.33. The third-order valence-corrected chi connectivity index (χ3v) is 4.41. The van der Waals surface area contributed by atoms with E-state index >= 15 is 0 Å². The van der Waals surface area contributed by atoms with Crippen molar-refractivity contribution in [3.05, 3.63) is 70.7 Å². The standard InChI is InChI=1S/C18H13NO4S/c20-18(22-12-6-2-1-3-7-12)13-11-24-17(19-13)16-10-21-14-8-4-5-9-15(14)23-16/h1-9,11,16H,10H2. The van der Waals surface area contributed by atoms with Crippen LogP contribution in [0.3, 0.4) is 0 Å². The van der Waals surface area contributed by atoms with Gasteiger partial charge in [0.1, 0.15) is 17.4 Å². The lowest BCUT2D eigenvalue weighted by atomic mass is 10.2. The predicted molar refractivity (Wildman–Crippen MR) is 88.8 cm³/mol. The monoisotopic (exact) mass is 339 g/mol. The maximum atomic E-state index is 12.2. The number of ether oxygens (including phenoxy) is 3. The number of esters is 1. The molecule has 0 aliphatic carbocycles. The lowest BCUT2D eigenvalue weighted by molar-refractivity contribution is 0.0725. The molecule has 24 heavy (non-hydrogen) atoms. The molecule has 1 unspecified atom stereocenters. The average Bonchev–Trinajstić information content (AvgIpc) is 3.12. The molecule has 0 bridgehead atoms. The van der Waals surface area contributed by atoms with Gasteiger partial charge in [0.05, 0.1) is 0 Å². The largest absolute Gasteiger partial charge is 0.485 e. The van der Waals surface area contributed by atoms with E-state index < -0.39 is 5.97 Å². The Hall–Kier alpha value is -2.86. The van der Waals surface area contributed by atoms with Crippen LogP contribution in [0.1, 0.15) is 21.6 Å². The smallest absolute Gasteiger partial charge is 0.363 e. The second-order valence-corrected chi connectivity index (χ2v) is 6.03. The van der Waals surface area contributed by atoms with E-state index in [1.165, 1.54) is 11.3 Å². The minimum Gasteiger partial charge on any atom is -0.485 e. The summed E-state index contributed by atoms with van der Waals surface area (Å²) in [6.45, 7) is 0.359. The lowest BCUT2D eigenvalue weighted by Crippen LogP contribution is -2.21. The predicted octanol–water partition coefficient (Wildman–Crippen LogP) is 3.87. The number of nitrogens with zero attached hydrogens (tertiary/aromatic N) is 1. The van der Waals surface area contributed by atoms with Crippen LogP contribution in [0, 0.1) is 0 Å². The van der Waals surface area contributed by atoms with Crippen molar-refractivity contribution < 1.29 is 19.0 Å². The normalized spacial score (nSPS) is 15.8. The van der Waals surface area contributed by atoms with Crippen LogP contribution in [0.2, 0.25) is 0 Å². The summed E-state index contributed by atoms with van der Waals surface area (Å²) in [6, 6.07) is 16.4. The molecule has 4 rings (SSSR count). The van der Waals surface area contributed by atoms with Gasteiger partial charge in [0.25, 0.3) is 0 Å². The van der Waals surface area contributed by atoms with Gasteiger partial charge in [-0.1, -0.05) is 30.3 Å². The number of hydrogen-bond donors (Lipinski definition) is 0. The molecule has 2 heterocycles. The van der Waals surface area contributed by atoms with Crippen molar-refractivity contribution in [3.63, 3.8) is 0 Å². The molecule has 5 nitrogen and oxygen atoms in total. The average molecular weight is 339 g/mol. The van der Waals surface area contributed by atoms with Gasteiger partial charge in [0, 0.05) is 5.38 Å². The van der Waals surface area contributed by atoms with Crippen LogP contribution in [-0.4, -0.2) is 17.6 Å². The maximum Gasteiger partial charge on any atom is 0.363 e. The fourth-order valence-corrected chi connectivity index (χ4v) is 3.12. The summed E-state index contributed by atoms with van der Waals surface area (Å²) in [5, 5.41) is 2.36. The highest BCUT2D eigenvalue weighted by molar-refractivity contribution is 7.09. The van der Waals surface area contributed by atoms with Gasteiger partial charge >= 0.3 is 5.97 Å². The number of para-hydroxylation sites is 3. The molecule has 120 valence electrons. The summed E-state index contributed by atoms with van der Waals surface area (Å²) in [7, 11) is 0. The quantitative estimate of drug-likeness (QED) is 0.535. The second-order valence-electron chi connectivity index (χ2n) is 5.14. The maximum absolute atomic E-state index is 12.2. The van der Waals surface area contributed by atoms with Crippen molar-refractivity contribution >= 4 is 17.3 Å². The molecule has 6 heteroatoms. The van der Waals surface area contributed by atoms with Crippen LogP contribution < -0.4 is 14.2 Å². The third kappa shape index (κ3) is 2.96. The Labute approximate surface area is 142 Å². The summed E-state index contributed by atoms with van der Waals surface area (Å²) in [5.41, 5.74) is 0.265. The number of carbonyl (C=O) groups is 1. The van der Waals surface area contributed by atoms with Gasteiger partial charge < -0.3 is 14.2 Å². The van der Waals surface area contributed by atoms with Gasteiger partial charge in [-0.2, -0.15) is 0 Å². The van der Waals surface area contributed by atoms with Crippen LogP contribution >= 0.6 is 11.3 Å². The first-order chi connectivity index (χ1) is 11.8. The Morgan fingerprint density at radius 3 is 2.67 bits per heavy atom. The first kappa shape index (κ1) is 14.7. The molecule has 0 spiro atoms. The molecule has 2 aromatic carbocycles. The molecular formula is C18H13NO4S. The van der Waals surface area contributed by atoms with E-state index in [9.17, 15) is 4.79 Å². The molecule has 0 N–H and O–H groups in total. The highest BCUT2D eigenvalue weighted by Gasteiger charge is 2.26. The number of rotatable bonds is 3. The van der Waals surface area contributed by atoms with Gasteiger partial charge in [-0.25, -0.2) is 9.78 Å². The molecule has 3 aromatic rings. The Bertz CT molecular complexity index is 862. The molecule has 1 atom stereocenters. The van der Waals surface area contributed by atoms with Crippen LogP contribution in [0.5, 0.6) is 17.2 Å². The Balaban J connectivity index is 1.48. The van der Waals surface area contributed by atoms with Crippen molar-refractivity contribution in [3.8, 4) is 17.2 Å². The topological polar surface area (TPSA) is 57.7 Å². The summed E-state index contributed by atoms with van der Waals surface area (Å²) in [6.07, 6.45) is -0.330. The Morgan fingerprint density at radius 1 is 1.08 bits per heavy atom. The molecule has 0 amide bonds. The highest BCUT2D eigenvalue weighted by Crippen LogP contribution is 2.36. The summed E-state index contributed by atoms with van der Waals surface area (Å²) >= 11 is 1.35. The highest BCUT2D eigenvalue weighted by atomic mass is 32.1. The van der Waals surface area contributed by atoms with Gasteiger partial charge in [0.2, 0.25) is 0 Å². The van der Waals surface area contributed by atoms with Gasteiger partial charge in [-0.05, 0) is 24.3 Å². The van der Waals surface area contributed by atoms with Gasteiger partial charge in [-0.3, -0.25) is 0 Å². The fourth-order valence-electron chi connectivity index (χ4n) is 2.32. The zero-order valence-electron chi connectivity index (χ0n) is 12.5. The number of thiazole rings is 1. The Morgan fingerprint density at radius 2 is 1.83 bits per heavy atom. The van der Waals surface area contributed by atoms with Crippen LogP contribution in [-0.2, 0) is 0 Å². The van der Waals surface area contributed by atoms with Crippen molar-refractivity contribution in [1.29, 1.82) is 0 Å². The number of carbonyl (C=O) groups excluding carboxylic acids is 1. The minimum atomic E-state index is -0.485. The van der Waals surface area contributed by atoms with E-state index in [0.717, 1.165) is 0 Å². The van der Waals surface area contributed by atoms with Crippen LogP contribution in [0.15, 0.2) is 60.0 Å². The first-order valence-corrected chi connectivity index (χ1v) is 8.29. The molecule has 0 saturated heterocycles. The molecule has 1 aliphatic heterocycles. The van der Waals surface area contributed by atoms with Crippen LogP contribution in [0.25, 0.3) is 0 Å². The minimum absolute atomic E-state index is 0.265. The number of benzene rings is 2. The van der Waals surface area contributed by atoms with Crippen molar-refractivity contribution in [2.45, 2.75) is 6.10 Å². The van der Waals surface area contributed by atoms with E-state index in [1.54, 1.807) is 29.6 Å². The van der Waals surface area contributed by atoms with Gasteiger partial charge in [0.15, 0.2) is 23.3 Å². The molecule has 1 aliphatic rings. The number of aromatic nitrogens is 1. The molecule has 0 fully saturated rings. The third-order valence-electron chi connectivity index (χ3n) is 3.47. The molecule has 0 saturated carbocycles. The number of hydrogen-bond acceptors (Lipinski definition) is 6. The summed E-state index contributed by atoms with van der Waals surface area (Å²) in [4.78, 5) is 16.5. The van der Waals surface area contributed by atoms with E-state index in [0.29, 0.717) is 28.9 Å². The Kier molecular flexibility index (Phi) is 3.88.